The van der Waals surface area contributed by atoms with Gasteiger partial charge in [0.15, 0.2) is 0 Å². The summed E-state index contributed by atoms with van der Waals surface area (Å²) in [5.74, 6) is -4.88. The van der Waals surface area contributed by atoms with Gasteiger partial charge in [0.25, 0.3) is 0 Å². The van der Waals surface area contributed by atoms with E-state index in [4.69, 9.17) is 9.84 Å². The first kappa shape index (κ1) is 20.1. The number of carbonyl (C=O) groups is 2. The molecule has 0 spiro atoms. The third kappa shape index (κ3) is 5.12. The fourth-order valence-electron chi connectivity index (χ4n) is 2.97. The molecule has 5 nitrogen and oxygen atoms in total. The fourth-order valence-corrected chi connectivity index (χ4v) is 2.97. The van der Waals surface area contributed by atoms with Crippen molar-refractivity contribution in [2.45, 2.75) is 32.4 Å². The van der Waals surface area contributed by atoms with Gasteiger partial charge in [0.1, 0.15) is 5.75 Å². The number of ether oxygens (including phenoxy) is 1. The van der Waals surface area contributed by atoms with E-state index < -0.39 is 43.0 Å². The summed E-state index contributed by atoms with van der Waals surface area (Å²) in [6.07, 6.45) is -3.33. The number of alkyl halides is 3. The van der Waals surface area contributed by atoms with Crippen molar-refractivity contribution in [2.24, 2.45) is 11.8 Å². The van der Waals surface area contributed by atoms with Crippen LogP contribution in [0.4, 0.5) is 13.2 Å². The Bertz CT molecular complexity index is 630. The molecule has 1 N–H and O–H groups in total. The van der Waals surface area contributed by atoms with Crippen LogP contribution in [0.3, 0.4) is 0 Å². The smallest absolute Gasteiger partial charge is 0.394 e. The van der Waals surface area contributed by atoms with Gasteiger partial charge in [-0.3, -0.25) is 9.59 Å². The zero-order valence-electron chi connectivity index (χ0n) is 14.5. The number of carboxylic acid groups (broad SMARTS) is 1. The quantitative estimate of drug-likeness (QED) is 0.797. The second-order valence-electron chi connectivity index (χ2n) is 6.38. The highest BCUT2D eigenvalue weighted by Gasteiger charge is 2.53. The minimum atomic E-state index is -4.63. The largest absolute Gasteiger partial charge is 0.494 e. The lowest BCUT2D eigenvalue weighted by molar-refractivity contribution is -0.188. The zero-order valence-corrected chi connectivity index (χ0v) is 14.5. The molecular weight excluding hydrogens is 351 g/mol. The molecule has 8 heteroatoms. The van der Waals surface area contributed by atoms with E-state index in [0.717, 1.165) is 22.6 Å². The Morgan fingerprint density at radius 3 is 2.38 bits per heavy atom. The number of aryl methyl sites for hydroxylation is 1. The van der Waals surface area contributed by atoms with Gasteiger partial charge in [-0.15, -0.1) is 0 Å². The third-order valence-corrected chi connectivity index (χ3v) is 4.43. The molecule has 1 saturated heterocycles. The molecule has 1 heterocycles. The average molecular weight is 373 g/mol. The van der Waals surface area contributed by atoms with Gasteiger partial charge >= 0.3 is 12.1 Å². The van der Waals surface area contributed by atoms with E-state index in [-0.39, 0.29) is 6.42 Å². The van der Waals surface area contributed by atoms with Gasteiger partial charge in [0.05, 0.1) is 18.4 Å². The van der Waals surface area contributed by atoms with Gasteiger partial charge in [0.2, 0.25) is 5.91 Å². The SMILES string of the molecule is CCCOc1ccc(CCC(=O)N2C[C@@H](C(F)(F)F)[C@H](C(=O)O)C2)cc1. The molecule has 0 unspecified atom stereocenters. The number of nitrogens with zero attached hydrogens (tertiary/aromatic N) is 1. The number of halogens is 3. The van der Waals surface area contributed by atoms with Crippen LogP contribution in [-0.4, -0.2) is 47.8 Å². The van der Waals surface area contributed by atoms with Crippen molar-refractivity contribution in [2.75, 3.05) is 19.7 Å². The highest BCUT2D eigenvalue weighted by Crippen LogP contribution is 2.37. The fraction of sp³-hybridized carbons (Fsp3) is 0.556. The normalized spacial score (nSPS) is 20.2. The Morgan fingerprint density at radius 1 is 1.23 bits per heavy atom. The molecule has 0 saturated carbocycles. The van der Waals surface area contributed by atoms with Crippen molar-refractivity contribution in [3.8, 4) is 5.75 Å². The van der Waals surface area contributed by atoms with Crippen LogP contribution in [0.25, 0.3) is 0 Å². The number of carbonyl (C=O) groups excluding carboxylic acids is 1. The molecule has 1 aromatic carbocycles. The molecule has 1 aromatic rings. The van der Waals surface area contributed by atoms with Crippen molar-refractivity contribution in [3.63, 3.8) is 0 Å². The molecular formula is C18H22F3NO4. The van der Waals surface area contributed by atoms with E-state index in [1.54, 1.807) is 24.3 Å². The highest BCUT2D eigenvalue weighted by atomic mass is 19.4. The van der Waals surface area contributed by atoms with Crippen LogP contribution in [0.5, 0.6) is 5.75 Å². The Hall–Kier alpha value is -2.25. The standard InChI is InChI=1S/C18H22F3NO4/c1-2-9-26-13-6-3-12(4-7-13)5-8-16(23)22-10-14(17(24)25)15(11-22)18(19,20)21/h3-4,6-7,14-15H,2,5,8-11H2,1H3,(H,24,25)/t14-,15-/m1/s1. The molecule has 2 rings (SSSR count). The van der Waals surface area contributed by atoms with Crippen LogP contribution in [-0.2, 0) is 16.0 Å². The van der Waals surface area contributed by atoms with E-state index in [2.05, 4.69) is 0 Å². The lowest BCUT2D eigenvalue weighted by Crippen LogP contribution is -2.34. The monoisotopic (exact) mass is 373 g/mol. The van der Waals surface area contributed by atoms with Gasteiger partial charge in [-0.2, -0.15) is 13.2 Å². The van der Waals surface area contributed by atoms with Crippen molar-refractivity contribution in [1.82, 2.24) is 4.90 Å². The first-order valence-electron chi connectivity index (χ1n) is 8.51. The molecule has 1 aliphatic rings. The number of hydrogen-bond donors (Lipinski definition) is 1. The number of benzene rings is 1. The maximum absolute atomic E-state index is 13.0. The van der Waals surface area contributed by atoms with Crippen molar-refractivity contribution >= 4 is 11.9 Å². The second kappa shape index (κ2) is 8.42. The number of aliphatic carboxylic acids is 1. The van der Waals surface area contributed by atoms with Crippen LogP contribution >= 0.6 is 0 Å². The van der Waals surface area contributed by atoms with Crippen molar-refractivity contribution < 1.29 is 32.6 Å². The van der Waals surface area contributed by atoms with E-state index in [1.165, 1.54) is 0 Å². The number of likely N-dealkylation sites (tertiary alicyclic amines) is 1. The maximum atomic E-state index is 13.0. The topological polar surface area (TPSA) is 66.8 Å². The first-order chi connectivity index (χ1) is 12.2. The van der Waals surface area contributed by atoms with E-state index >= 15 is 0 Å². The predicted octanol–water partition coefficient (Wildman–Crippen LogP) is 3.13. The van der Waals surface area contributed by atoms with Gasteiger partial charge in [-0.1, -0.05) is 19.1 Å². The van der Waals surface area contributed by atoms with Crippen molar-refractivity contribution in [3.05, 3.63) is 29.8 Å². The predicted molar refractivity (Wildman–Crippen MR) is 87.8 cm³/mol. The lowest BCUT2D eigenvalue weighted by atomic mass is 9.96. The van der Waals surface area contributed by atoms with Gasteiger partial charge in [0, 0.05) is 19.5 Å². The summed E-state index contributed by atoms with van der Waals surface area (Å²) < 4.78 is 44.4. The van der Waals surface area contributed by atoms with Gasteiger partial charge < -0.3 is 14.7 Å². The summed E-state index contributed by atoms with van der Waals surface area (Å²) in [5, 5.41) is 8.99. The van der Waals surface area contributed by atoms with Crippen molar-refractivity contribution in [1.29, 1.82) is 0 Å². The van der Waals surface area contributed by atoms with Crippen LogP contribution in [0.2, 0.25) is 0 Å². The molecule has 0 aromatic heterocycles. The summed E-state index contributed by atoms with van der Waals surface area (Å²) in [4.78, 5) is 24.3. The summed E-state index contributed by atoms with van der Waals surface area (Å²) in [6, 6.07) is 7.18. The van der Waals surface area contributed by atoms with Crippen LogP contribution < -0.4 is 4.74 Å². The van der Waals surface area contributed by atoms with Crippen LogP contribution in [0, 0.1) is 11.8 Å². The van der Waals surface area contributed by atoms with Gasteiger partial charge in [-0.05, 0) is 30.5 Å². The molecule has 0 radical (unpaired) electrons. The Balaban J connectivity index is 1.90. The molecule has 1 amide bonds. The highest BCUT2D eigenvalue weighted by molar-refractivity contribution is 5.79. The number of hydrogen-bond acceptors (Lipinski definition) is 3. The summed E-state index contributed by atoms with van der Waals surface area (Å²) in [7, 11) is 0. The molecule has 1 aliphatic heterocycles. The number of carboxylic acids is 1. The number of amides is 1. The maximum Gasteiger partial charge on any atom is 0.394 e. The average Bonchev–Trinajstić information content (AvgIpc) is 3.05. The molecule has 1 fully saturated rings. The Morgan fingerprint density at radius 2 is 1.88 bits per heavy atom. The van der Waals surface area contributed by atoms with E-state index in [9.17, 15) is 22.8 Å². The Labute approximate surface area is 149 Å². The molecule has 2 atom stereocenters. The molecule has 0 bridgehead atoms. The molecule has 0 aliphatic carbocycles. The van der Waals surface area contributed by atoms with Gasteiger partial charge in [-0.25, -0.2) is 0 Å². The summed E-state index contributed by atoms with van der Waals surface area (Å²) >= 11 is 0. The summed E-state index contributed by atoms with van der Waals surface area (Å²) in [5.41, 5.74) is 0.864. The second-order valence-corrected chi connectivity index (χ2v) is 6.38. The molecule has 144 valence electrons. The minimum absolute atomic E-state index is 0.0338. The first-order valence-corrected chi connectivity index (χ1v) is 8.51. The van der Waals surface area contributed by atoms with Crippen LogP contribution in [0.15, 0.2) is 24.3 Å². The zero-order chi connectivity index (χ0) is 19.3. The Kier molecular flexibility index (Phi) is 6.50. The summed E-state index contributed by atoms with van der Waals surface area (Å²) in [6.45, 7) is 1.61. The third-order valence-electron chi connectivity index (χ3n) is 4.43. The minimum Gasteiger partial charge on any atom is -0.494 e. The van der Waals surface area contributed by atoms with Crippen LogP contribution in [0.1, 0.15) is 25.3 Å². The lowest BCUT2D eigenvalue weighted by Gasteiger charge is -2.18. The van der Waals surface area contributed by atoms with E-state index in [1.807, 2.05) is 6.92 Å². The number of rotatable bonds is 7. The van der Waals surface area contributed by atoms with E-state index in [0.29, 0.717) is 13.0 Å². The molecule has 26 heavy (non-hydrogen) atoms.